The number of nitrogens with one attached hydrogen (secondary N) is 2. The molecule has 8 nitrogen and oxygen atoms in total. The number of aryl methyl sites for hydroxylation is 1. The lowest BCUT2D eigenvalue weighted by Crippen LogP contribution is -2.39. The summed E-state index contributed by atoms with van der Waals surface area (Å²) in [6.45, 7) is 6.03. The van der Waals surface area contributed by atoms with Gasteiger partial charge in [0.25, 0.3) is 0 Å². The summed E-state index contributed by atoms with van der Waals surface area (Å²) >= 11 is 0. The van der Waals surface area contributed by atoms with E-state index in [2.05, 4.69) is 20.5 Å². The quantitative estimate of drug-likeness (QED) is 0.821. The van der Waals surface area contributed by atoms with Crippen molar-refractivity contribution >= 4 is 17.4 Å². The number of anilines is 1. The highest BCUT2D eigenvalue weighted by molar-refractivity contribution is 5.83. The van der Waals surface area contributed by atoms with Crippen molar-refractivity contribution in [2.24, 2.45) is 0 Å². The third-order valence-electron chi connectivity index (χ3n) is 3.16. The number of aromatic amines is 1. The number of nitrogens with zero attached hydrogens (tertiary/aromatic N) is 4. The van der Waals surface area contributed by atoms with E-state index in [1.165, 1.54) is 4.40 Å². The van der Waals surface area contributed by atoms with Crippen LogP contribution in [-0.2, 0) is 4.79 Å². The van der Waals surface area contributed by atoms with Crippen LogP contribution in [0.2, 0.25) is 0 Å². The maximum Gasteiger partial charge on any atom is 0.349 e. The Balaban J connectivity index is 2.26. The van der Waals surface area contributed by atoms with Crippen LogP contribution in [-0.4, -0.2) is 50.0 Å². The number of amides is 1. The van der Waals surface area contributed by atoms with E-state index in [1.807, 2.05) is 6.92 Å². The van der Waals surface area contributed by atoms with Gasteiger partial charge in [-0.25, -0.2) is 19.3 Å². The highest BCUT2D eigenvalue weighted by Crippen LogP contribution is 2.10. The van der Waals surface area contributed by atoms with Crippen LogP contribution in [0.1, 0.15) is 19.7 Å². The summed E-state index contributed by atoms with van der Waals surface area (Å²) in [5, 5.41) is 9.28. The first-order chi connectivity index (χ1) is 9.43. The Morgan fingerprint density at radius 3 is 2.95 bits per heavy atom. The number of aromatic nitrogens is 4. The zero-order valence-electron chi connectivity index (χ0n) is 12.0. The highest BCUT2D eigenvalue weighted by Gasteiger charge is 2.17. The molecule has 1 unspecified atom stereocenters. The fourth-order valence-electron chi connectivity index (χ4n) is 1.94. The maximum atomic E-state index is 12.0. The smallest absolute Gasteiger partial charge is 0.349 e. The summed E-state index contributed by atoms with van der Waals surface area (Å²) < 4.78 is 1.37. The summed E-state index contributed by atoms with van der Waals surface area (Å²) in [6.07, 6.45) is 0. The topological polar surface area (TPSA) is 95.4 Å². The van der Waals surface area contributed by atoms with Gasteiger partial charge in [-0.3, -0.25) is 4.79 Å². The Hall–Kier alpha value is -2.38. The molecule has 1 amide bonds. The number of carbonyl (C=O) groups excluding carboxylic acids is 1. The van der Waals surface area contributed by atoms with Gasteiger partial charge < -0.3 is 10.2 Å². The molecule has 0 aliphatic rings. The molecule has 8 heteroatoms. The van der Waals surface area contributed by atoms with Crippen molar-refractivity contribution in [2.45, 2.75) is 26.8 Å². The van der Waals surface area contributed by atoms with E-state index in [4.69, 9.17) is 0 Å². The average Bonchev–Trinajstić information content (AvgIpc) is 2.78. The van der Waals surface area contributed by atoms with Gasteiger partial charge in [0.15, 0.2) is 5.65 Å². The standard InChI is InChI=1S/C12H18N6O2/c1-5-17(4)11(19)7(2)13-9-6-10-15-16-12(20)18(10)8(3)14-9/h6-7,13H,5H2,1-4H3,(H,16,20). The highest BCUT2D eigenvalue weighted by atomic mass is 16.2. The fraction of sp³-hybridized carbons (Fsp3) is 0.500. The second-order valence-electron chi connectivity index (χ2n) is 4.63. The summed E-state index contributed by atoms with van der Waals surface area (Å²) in [5.41, 5.74) is 0.139. The molecule has 0 fully saturated rings. The SMILES string of the molecule is CCN(C)C(=O)C(C)Nc1cc2n[nH]c(=O)n2c(C)n1. The van der Waals surface area contributed by atoms with Crippen LogP contribution in [0.25, 0.3) is 5.65 Å². The predicted octanol–water partition coefficient (Wildman–Crippen LogP) is 0.00472. The third kappa shape index (κ3) is 2.49. The molecule has 0 aromatic carbocycles. The molecule has 2 aromatic heterocycles. The number of carbonyl (C=O) groups is 1. The van der Waals surface area contributed by atoms with E-state index in [-0.39, 0.29) is 11.6 Å². The molecule has 108 valence electrons. The van der Waals surface area contributed by atoms with Crippen LogP contribution < -0.4 is 11.0 Å². The van der Waals surface area contributed by atoms with Gasteiger partial charge in [0.2, 0.25) is 5.91 Å². The van der Waals surface area contributed by atoms with Gasteiger partial charge in [0.1, 0.15) is 17.7 Å². The lowest BCUT2D eigenvalue weighted by molar-refractivity contribution is -0.130. The van der Waals surface area contributed by atoms with E-state index in [0.717, 1.165) is 0 Å². The van der Waals surface area contributed by atoms with Gasteiger partial charge in [0.05, 0.1) is 0 Å². The van der Waals surface area contributed by atoms with Gasteiger partial charge in [-0.1, -0.05) is 0 Å². The zero-order valence-corrected chi connectivity index (χ0v) is 12.0. The molecule has 0 spiro atoms. The van der Waals surface area contributed by atoms with Crippen LogP contribution >= 0.6 is 0 Å². The number of fused-ring (bicyclic) bond motifs is 1. The molecule has 0 bridgehead atoms. The third-order valence-corrected chi connectivity index (χ3v) is 3.16. The average molecular weight is 278 g/mol. The summed E-state index contributed by atoms with van der Waals surface area (Å²) in [4.78, 5) is 29.4. The number of rotatable bonds is 4. The molecule has 2 heterocycles. The van der Waals surface area contributed by atoms with E-state index in [9.17, 15) is 9.59 Å². The second-order valence-corrected chi connectivity index (χ2v) is 4.63. The summed E-state index contributed by atoms with van der Waals surface area (Å²) in [5.74, 6) is 0.998. The second kappa shape index (κ2) is 5.32. The van der Waals surface area contributed by atoms with Crippen LogP contribution in [0, 0.1) is 6.92 Å². The summed E-state index contributed by atoms with van der Waals surface area (Å²) in [7, 11) is 1.75. The minimum absolute atomic E-state index is 0.0220. The molecule has 0 radical (unpaired) electrons. The number of H-pyrrole nitrogens is 1. The van der Waals surface area contributed by atoms with Crippen molar-refractivity contribution in [1.82, 2.24) is 24.5 Å². The first kappa shape index (κ1) is 14.0. The molecular formula is C12H18N6O2. The van der Waals surface area contributed by atoms with Gasteiger partial charge >= 0.3 is 5.69 Å². The largest absolute Gasteiger partial charge is 0.358 e. The molecule has 2 N–H and O–H groups in total. The van der Waals surface area contributed by atoms with Gasteiger partial charge in [-0.05, 0) is 20.8 Å². The molecule has 0 saturated carbocycles. The van der Waals surface area contributed by atoms with Gasteiger partial charge in [-0.15, -0.1) is 0 Å². The van der Waals surface area contributed by atoms with Crippen molar-refractivity contribution < 1.29 is 4.79 Å². The molecule has 2 aromatic rings. The van der Waals surface area contributed by atoms with Crippen LogP contribution in [0.3, 0.4) is 0 Å². The number of hydrogen-bond acceptors (Lipinski definition) is 5. The monoisotopic (exact) mass is 278 g/mol. The summed E-state index contributed by atoms with van der Waals surface area (Å²) in [6, 6.07) is 1.22. The Morgan fingerprint density at radius 1 is 1.60 bits per heavy atom. The fourth-order valence-corrected chi connectivity index (χ4v) is 1.94. The first-order valence-electron chi connectivity index (χ1n) is 6.40. The van der Waals surface area contributed by atoms with E-state index < -0.39 is 6.04 Å². The van der Waals surface area contributed by atoms with Gasteiger partial charge in [-0.2, -0.15) is 5.10 Å². The molecule has 20 heavy (non-hydrogen) atoms. The number of likely N-dealkylation sites (N-methyl/N-ethyl adjacent to an activating group) is 1. The molecule has 1 atom stereocenters. The van der Waals surface area contributed by atoms with E-state index >= 15 is 0 Å². The molecule has 2 rings (SSSR count). The van der Waals surface area contributed by atoms with Gasteiger partial charge in [0, 0.05) is 19.7 Å². The minimum atomic E-state index is -0.403. The molecular weight excluding hydrogens is 260 g/mol. The Labute approximate surface area is 115 Å². The predicted molar refractivity (Wildman–Crippen MR) is 74.7 cm³/mol. The van der Waals surface area contributed by atoms with Crippen molar-refractivity contribution in [3.8, 4) is 0 Å². The van der Waals surface area contributed by atoms with Crippen LogP contribution in [0.4, 0.5) is 5.82 Å². The Bertz CT molecular complexity index is 689. The first-order valence-corrected chi connectivity index (χ1v) is 6.40. The Kier molecular flexibility index (Phi) is 3.73. The van der Waals surface area contributed by atoms with Crippen molar-refractivity contribution in [1.29, 1.82) is 0 Å². The number of hydrogen-bond donors (Lipinski definition) is 2. The lowest BCUT2D eigenvalue weighted by Gasteiger charge is -2.21. The minimum Gasteiger partial charge on any atom is -0.358 e. The van der Waals surface area contributed by atoms with E-state index in [1.54, 1.807) is 31.9 Å². The van der Waals surface area contributed by atoms with Crippen molar-refractivity contribution in [2.75, 3.05) is 18.9 Å². The van der Waals surface area contributed by atoms with Crippen LogP contribution in [0.5, 0.6) is 0 Å². The molecule has 0 aliphatic carbocycles. The van der Waals surface area contributed by atoms with Crippen LogP contribution in [0.15, 0.2) is 10.9 Å². The van der Waals surface area contributed by atoms with Crippen molar-refractivity contribution in [3.63, 3.8) is 0 Å². The van der Waals surface area contributed by atoms with Crippen molar-refractivity contribution in [3.05, 3.63) is 22.4 Å². The van der Waals surface area contributed by atoms with E-state index in [0.29, 0.717) is 23.8 Å². The normalized spacial score (nSPS) is 12.4. The zero-order chi connectivity index (χ0) is 14.9. The lowest BCUT2D eigenvalue weighted by atomic mass is 10.3. The Morgan fingerprint density at radius 2 is 2.30 bits per heavy atom. The maximum absolute atomic E-state index is 12.0. The molecule has 0 aliphatic heterocycles. The molecule has 0 saturated heterocycles.